The highest BCUT2D eigenvalue weighted by Crippen LogP contribution is 2.38. The summed E-state index contributed by atoms with van der Waals surface area (Å²) in [5, 5.41) is 3.82. The summed E-state index contributed by atoms with van der Waals surface area (Å²) >= 11 is 0. The predicted molar refractivity (Wildman–Crippen MR) is 121 cm³/mol. The maximum atomic E-state index is 14.4. The molecule has 6 nitrogen and oxygen atoms in total. The maximum absolute atomic E-state index is 14.4. The lowest BCUT2D eigenvalue weighted by Crippen LogP contribution is -2.33. The van der Waals surface area contributed by atoms with Crippen LogP contribution >= 0.6 is 0 Å². The molecular formula is C24H27F2N3O3. The number of benzene rings is 2. The Morgan fingerprint density at radius 1 is 1.09 bits per heavy atom. The third-order valence-corrected chi connectivity index (χ3v) is 5.65. The first-order valence-electron chi connectivity index (χ1n) is 10.5. The summed E-state index contributed by atoms with van der Waals surface area (Å²) in [4.78, 5) is 6.46. The van der Waals surface area contributed by atoms with Crippen LogP contribution in [0.15, 0.2) is 48.5 Å². The second-order valence-electron chi connectivity index (χ2n) is 7.75. The van der Waals surface area contributed by atoms with Crippen molar-refractivity contribution in [1.29, 1.82) is 0 Å². The van der Waals surface area contributed by atoms with E-state index in [-0.39, 0.29) is 6.54 Å². The highest BCUT2D eigenvalue weighted by Gasteiger charge is 2.49. The first-order valence-corrected chi connectivity index (χ1v) is 10.5. The van der Waals surface area contributed by atoms with Gasteiger partial charge in [-0.1, -0.05) is 0 Å². The van der Waals surface area contributed by atoms with Gasteiger partial charge >= 0.3 is 0 Å². The maximum Gasteiger partial charge on any atom is 0.292 e. The van der Waals surface area contributed by atoms with Crippen molar-refractivity contribution in [3.05, 3.63) is 48.5 Å². The minimum Gasteiger partial charge on any atom is -0.497 e. The van der Waals surface area contributed by atoms with Crippen molar-refractivity contribution >= 4 is 16.6 Å². The van der Waals surface area contributed by atoms with Crippen LogP contribution in [0.4, 0.5) is 14.5 Å². The molecule has 0 spiro atoms. The number of nitrogens with one attached hydrogen (secondary N) is 1. The van der Waals surface area contributed by atoms with E-state index in [4.69, 9.17) is 19.2 Å². The molecule has 0 aliphatic carbocycles. The average molecular weight is 443 g/mol. The topological polar surface area (TPSA) is 55.9 Å². The van der Waals surface area contributed by atoms with Gasteiger partial charge < -0.3 is 24.4 Å². The summed E-state index contributed by atoms with van der Waals surface area (Å²) in [5.41, 5.74) is 2.93. The minimum absolute atomic E-state index is 0.103. The third-order valence-electron chi connectivity index (χ3n) is 5.65. The number of fused-ring (bicyclic) bond motifs is 1. The van der Waals surface area contributed by atoms with E-state index >= 15 is 0 Å². The van der Waals surface area contributed by atoms with Gasteiger partial charge in [0.05, 0.1) is 31.4 Å². The van der Waals surface area contributed by atoms with E-state index in [1.165, 1.54) is 7.11 Å². The van der Waals surface area contributed by atoms with E-state index in [2.05, 4.69) is 5.32 Å². The third kappa shape index (κ3) is 4.47. The second-order valence-corrected chi connectivity index (χ2v) is 7.75. The number of anilines is 1. The molecule has 0 radical (unpaired) electrons. The molecule has 32 heavy (non-hydrogen) atoms. The Morgan fingerprint density at radius 3 is 2.50 bits per heavy atom. The van der Waals surface area contributed by atoms with E-state index in [9.17, 15) is 8.78 Å². The van der Waals surface area contributed by atoms with Crippen LogP contribution in [0.25, 0.3) is 22.2 Å². The Kier molecular flexibility index (Phi) is 6.43. The minimum atomic E-state index is -2.93. The molecule has 1 saturated heterocycles. The number of ether oxygens (including phenoxy) is 3. The number of rotatable bonds is 8. The van der Waals surface area contributed by atoms with Crippen LogP contribution < -0.4 is 19.7 Å². The van der Waals surface area contributed by atoms with E-state index in [1.807, 2.05) is 55.6 Å². The number of hydrogen-bond donors (Lipinski definition) is 1. The molecule has 1 N–H and O–H groups in total. The van der Waals surface area contributed by atoms with Gasteiger partial charge in [-0.05, 0) is 49.5 Å². The number of halogens is 2. The van der Waals surface area contributed by atoms with Gasteiger partial charge in [0.2, 0.25) is 0 Å². The summed E-state index contributed by atoms with van der Waals surface area (Å²) in [7, 11) is 4.78. The Morgan fingerprint density at radius 2 is 1.84 bits per heavy atom. The van der Waals surface area contributed by atoms with E-state index in [0.717, 1.165) is 23.2 Å². The summed E-state index contributed by atoms with van der Waals surface area (Å²) in [6, 6.07) is 15.0. The largest absolute Gasteiger partial charge is 0.497 e. The van der Waals surface area contributed by atoms with Gasteiger partial charge in [-0.15, -0.1) is 0 Å². The van der Waals surface area contributed by atoms with Gasteiger partial charge in [0.25, 0.3) is 5.92 Å². The smallest absolute Gasteiger partial charge is 0.292 e. The average Bonchev–Trinajstić information content (AvgIpc) is 3.12. The fourth-order valence-corrected chi connectivity index (χ4v) is 3.90. The van der Waals surface area contributed by atoms with Crippen LogP contribution in [0.5, 0.6) is 11.5 Å². The number of methoxy groups -OCH3 is 2. The van der Waals surface area contributed by atoms with Crippen molar-refractivity contribution in [3.63, 3.8) is 0 Å². The van der Waals surface area contributed by atoms with E-state index in [1.54, 1.807) is 12.0 Å². The summed E-state index contributed by atoms with van der Waals surface area (Å²) < 4.78 is 45.0. The zero-order valence-electron chi connectivity index (χ0n) is 18.4. The monoisotopic (exact) mass is 443 g/mol. The normalized spacial score (nSPS) is 17.7. The van der Waals surface area contributed by atoms with E-state index in [0.29, 0.717) is 29.3 Å². The number of alkyl halides is 2. The fourth-order valence-electron chi connectivity index (χ4n) is 3.90. The van der Waals surface area contributed by atoms with Crippen molar-refractivity contribution < 1.29 is 23.0 Å². The van der Waals surface area contributed by atoms with Crippen molar-refractivity contribution in [2.75, 3.05) is 52.4 Å². The van der Waals surface area contributed by atoms with Gasteiger partial charge in [-0.3, -0.25) is 0 Å². The molecule has 2 aromatic carbocycles. The number of likely N-dealkylation sites (N-methyl/N-ethyl adjacent to an activating group) is 1. The standard InChI is InChI=1S/C24H27F2N3O3/c1-27-10-11-32-17-6-4-16(5-7-17)20-13-22(29-14-23(31-3)24(25,26)15-29)19-9-8-18(30-2)12-21(19)28-20/h4-9,12-13,23,27H,10-11,14-15H2,1-3H3/t23-/m1/s1. The molecule has 0 amide bonds. The summed E-state index contributed by atoms with van der Waals surface area (Å²) in [6.07, 6.45) is -1.15. The zero-order valence-corrected chi connectivity index (χ0v) is 18.4. The number of aromatic nitrogens is 1. The zero-order chi connectivity index (χ0) is 22.7. The molecule has 2 heterocycles. The highest BCUT2D eigenvalue weighted by atomic mass is 19.3. The van der Waals surface area contributed by atoms with E-state index < -0.39 is 18.6 Å². The van der Waals surface area contributed by atoms with Gasteiger partial charge in [0.1, 0.15) is 24.2 Å². The van der Waals surface area contributed by atoms with Crippen molar-refractivity contribution in [2.45, 2.75) is 12.0 Å². The molecule has 0 unspecified atom stereocenters. The molecule has 1 atom stereocenters. The lowest BCUT2D eigenvalue weighted by atomic mass is 10.1. The summed E-state index contributed by atoms with van der Waals surface area (Å²) in [6.45, 7) is 1.01. The molecular weight excluding hydrogens is 416 g/mol. The predicted octanol–water partition coefficient (Wildman–Crippen LogP) is 3.98. The van der Waals surface area contributed by atoms with Gasteiger partial charge in [0, 0.05) is 36.4 Å². The van der Waals surface area contributed by atoms with Crippen LogP contribution in [0.1, 0.15) is 0 Å². The number of pyridine rings is 1. The van der Waals surface area contributed by atoms with Crippen molar-refractivity contribution in [2.24, 2.45) is 0 Å². The molecule has 170 valence electrons. The molecule has 1 aromatic heterocycles. The molecule has 3 aromatic rings. The van der Waals surface area contributed by atoms with Crippen LogP contribution in [-0.2, 0) is 4.74 Å². The SMILES string of the molecule is CNCCOc1ccc(-c2cc(N3C[C@@H](OC)C(F)(F)C3)c3ccc(OC)cc3n2)cc1. The first kappa shape index (κ1) is 22.2. The van der Waals surface area contributed by atoms with Crippen molar-refractivity contribution in [1.82, 2.24) is 10.3 Å². The Bertz CT molecular complexity index is 1080. The first-order chi connectivity index (χ1) is 15.4. The summed E-state index contributed by atoms with van der Waals surface area (Å²) in [5.74, 6) is -1.51. The highest BCUT2D eigenvalue weighted by molar-refractivity contribution is 5.95. The Balaban J connectivity index is 1.74. The molecule has 0 bridgehead atoms. The van der Waals surface area contributed by atoms with Gasteiger partial charge in [-0.2, -0.15) is 0 Å². The lowest BCUT2D eigenvalue weighted by molar-refractivity contribution is -0.0889. The molecule has 1 fully saturated rings. The van der Waals surface area contributed by atoms with Crippen molar-refractivity contribution in [3.8, 4) is 22.8 Å². The number of nitrogens with zero attached hydrogens (tertiary/aromatic N) is 2. The Labute approximate surface area is 186 Å². The van der Waals surface area contributed by atoms with Crippen LogP contribution in [-0.4, -0.2) is 64.5 Å². The number of hydrogen-bond acceptors (Lipinski definition) is 6. The molecule has 1 aliphatic rings. The molecule has 0 saturated carbocycles. The molecule has 8 heteroatoms. The van der Waals surface area contributed by atoms with Crippen LogP contribution in [0.2, 0.25) is 0 Å². The Hall–Kier alpha value is -2.97. The molecule has 1 aliphatic heterocycles. The fraction of sp³-hybridized carbons (Fsp3) is 0.375. The quantitative estimate of drug-likeness (QED) is 0.532. The van der Waals surface area contributed by atoms with Crippen LogP contribution in [0.3, 0.4) is 0 Å². The lowest BCUT2D eigenvalue weighted by Gasteiger charge is -2.21. The van der Waals surface area contributed by atoms with Crippen LogP contribution in [0, 0.1) is 0 Å². The second kappa shape index (κ2) is 9.26. The van der Waals surface area contributed by atoms with Gasteiger partial charge in [-0.25, -0.2) is 13.8 Å². The van der Waals surface area contributed by atoms with Gasteiger partial charge in [0.15, 0.2) is 0 Å². The molecule has 4 rings (SSSR count).